The Morgan fingerprint density at radius 3 is 2.67 bits per heavy atom. The van der Waals surface area contributed by atoms with Gasteiger partial charge in [-0.1, -0.05) is 28.4 Å². The number of aryl methyl sites for hydroxylation is 1. The van der Waals surface area contributed by atoms with E-state index in [1.807, 2.05) is 0 Å². The summed E-state index contributed by atoms with van der Waals surface area (Å²) in [6.45, 7) is 1.76. The van der Waals surface area contributed by atoms with Crippen LogP contribution in [0.5, 0.6) is 11.6 Å². The third kappa shape index (κ3) is 3.78. The van der Waals surface area contributed by atoms with Gasteiger partial charge in [0.2, 0.25) is 5.88 Å². The fraction of sp³-hybridized carbons (Fsp3) is 0.0769. The molecular formula is C13H10BrCl2N3O2. The first-order valence-corrected chi connectivity index (χ1v) is 7.24. The topological polar surface area (TPSA) is 80.7 Å². The van der Waals surface area contributed by atoms with Crippen molar-refractivity contribution in [3.05, 3.63) is 50.0 Å². The van der Waals surface area contributed by atoms with Crippen LogP contribution in [0.1, 0.15) is 11.3 Å². The lowest BCUT2D eigenvalue weighted by molar-refractivity contribution is 0.318. The van der Waals surface area contributed by atoms with Crippen molar-refractivity contribution in [3.63, 3.8) is 0 Å². The summed E-state index contributed by atoms with van der Waals surface area (Å²) in [5.74, 6) is 0.579. The van der Waals surface area contributed by atoms with Crippen LogP contribution in [0.15, 0.2) is 33.9 Å². The van der Waals surface area contributed by atoms with E-state index in [2.05, 4.69) is 26.1 Å². The van der Waals surface area contributed by atoms with Crippen molar-refractivity contribution < 1.29 is 9.94 Å². The number of amidine groups is 1. The molecule has 2 rings (SSSR count). The maximum atomic E-state index is 8.73. The van der Waals surface area contributed by atoms with Crippen LogP contribution in [0.3, 0.4) is 0 Å². The first kappa shape index (κ1) is 15.9. The molecule has 0 radical (unpaired) electrons. The van der Waals surface area contributed by atoms with E-state index < -0.39 is 0 Å². The molecule has 0 saturated heterocycles. The molecule has 3 N–H and O–H groups in total. The summed E-state index contributed by atoms with van der Waals surface area (Å²) in [5, 5.41) is 12.5. The second-order valence-electron chi connectivity index (χ2n) is 4.12. The molecule has 1 heterocycles. The highest BCUT2D eigenvalue weighted by Gasteiger charge is 2.11. The van der Waals surface area contributed by atoms with E-state index in [1.165, 1.54) is 6.07 Å². The van der Waals surface area contributed by atoms with E-state index in [-0.39, 0.29) is 11.7 Å². The molecule has 0 aliphatic heterocycles. The fourth-order valence-electron chi connectivity index (χ4n) is 1.59. The van der Waals surface area contributed by atoms with Crippen molar-refractivity contribution in [2.75, 3.05) is 0 Å². The van der Waals surface area contributed by atoms with Gasteiger partial charge in [0.05, 0.1) is 10.0 Å². The number of hydrogen-bond acceptors (Lipinski definition) is 4. The highest BCUT2D eigenvalue weighted by Crippen LogP contribution is 2.36. The molecule has 2 aromatic rings. The highest BCUT2D eigenvalue weighted by atomic mass is 79.9. The summed E-state index contributed by atoms with van der Waals surface area (Å²) >= 11 is 15.4. The van der Waals surface area contributed by atoms with Gasteiger partial charge in [-0.2, -0.15) is 0 Å². The number of ether oxygens (including phenoxy) is 1. The van der Waals surface area contributed by atoms with Gasteiger partial charge in [-0.25, -0.2) is 4.98 Å². The Hall–Kier alpha value is -1.50. The number of hydrogen-bond donors (Lipinski definition) is 2. The zero-order chi connectivity index (χ0) is 15.6. The van der Waals surface area contributed by atoms with Gasteiger partial charge in [0, 0.05) is 27.9 Å². The molecular weight excluding hydrogens is 381 g/mol. The van der Waals surface area contributed by atoms with Crippen molar-refractivity contribution >= 4 is 45.0 Å². The largest absolute Gasteiger partial charge is 0.437 e. The van der Waals surface area contributed by atoms with E-state index in [9.17, 15) is 0 Å². The second kappa shape index (κ2) is 6.51. The third-order valence-electron chi connectivity index (χ3n) is 2.52. The number of rotatable bonds is 3. The molecule has 21 heavy (non-hydrogen) atoms. The summed E-state index contributed by atoms with van der Waals surface area (Å²) in [4.78, 5) is 4.21. The van der Waals surface area contributed by atoms with Gasteiger partial charge in [0.25, 0.3) is 0 Å². The first-order chi connectivity index (χ1) is 9.90. The van der Waals surface area contributed by atoms with Crippen LogP contribution >= 0.6 is 39.1 Å². The molecule has 110 valence electrons. The van der Waals surface area contributed by atoms with Gasteiger partial charge in [0.1, 0.15) is 5.75 Å². The predicted molar refractivity (Wildman–Crippen MR) is 85.7 cm³/mol. The lowest BCUT2D eigenvalue weighted by atomic mass is 10.2. The van der Waals surface area contributed by atoms with Crippen LogP contribution in [0.2, 0.25) is 10.0 Å². The predicted octanol–water partition coefficient (Wildman–Crippen LogP) is 4.35. The van der Waals surface area contributed by atoms with Crippen molar-refractivity contribution in [1.29, 1.82) is 0 Å². The van der Waals surface area contributed by atoms with Crippen LogP contribution in [0.25, 0.3) is 0 Å². The Kier molecular flexibility index (Phi) is 4.92. The summed E-state index contributed by atoms with van der Waals surface area (Å²) in [5.41, 5.74) is 6.69. The second-order valence-corrected chi connectivity index (χ2v) is 5.79. The van der Waals surface area contributed by atoms with E-state index in [0.29, 0.717) is 31.5 Å². The van der Waals surface area contributed by atoms with Gasteiger partial charge >= 0.3 is 0 Å². The summed E-state index contributed by atoms with van der Waals surface area (Å²) in [7, 11) is 0. The molecule has 0 bridgehead atoms. The van der Waals surface area contributed by atoms with Crippen LogP contribution in [-0.2, 0) is 0 Å². The smallest absolute Gasteiger partial charge is 0.220 e. The summed E-state index contributed by atoms with van der Waals surface area (Å²) in [6.07, 6.45) is 0. The fourth-order valence-corrected chi connectivity index (χ4v) is 2.42. The summed E-state index contributed by atoms with van der Waals surface area (Å²) < 4.78 is 6.28. The van der Waals surface area contributed by atoms with E-state index in [0.717, 1.165) is 0 Å². The molecule has 5 nitrogen and oxygen atoms in total. The van der Waals surface area contributed by atoms with Crippen molar-refractivity contribution in [2.24, 2.45) is 10.9 Å². The minimum Gasteiger partial charge on any atom is -0.437 e. The number of aromatic nitrogens is 1. The first-order valence-electron chi connectivity index (χ1n) is 5.69. The maximum absolute atomic E-state index is 8.73. The average molecular weight is 391 g/mol. The van der Waals surface area contributed by atoms with Crippen molar-refractivity contribution in [3.8, 4) is 11.6 Å². The van der Waals surface area contributed by atoms with E-state index in [1.54, 1.807) is 25.1 Å². The molecule has 0 amide bonds. The van der Waals surface area contributed by atoms with Gasteiger partial charge in [-0.3, -0.25) is 0 Å². The highest BCUT2D eigenvalue weighted by molar-refractivity contribution is 9.10. The molecule has 8 heteroatoms. The number of pyridine rings is 1. The number of halogens is 3. The van der Waals surface area contributed by atoms with Crippen LogP contribution in [0.4, 0.5) is 0 Å². The molecule has 0 aliphatic rings. The normalized spacial score (nSPS) is 11.5. The number of nitrogens with two attached hydrogens (primary N) is 1. The zero-order valence-electron chi connectivity index (χ0n) is 10.8. The molecule has 1 aromatic carbocycles. The SMILES string of the molecule is Cc1cc(/C(N)=N/O)cc(Oc2cc(Cl)c(Br)cc2Cl)n1. The Morgan fingerprint density at radius 2 is 2.00 bits per heavy atom. The molecule has 0 aliphatic carbocycles. The van der Waals surface area contributed by atoms with Gasteiger partial charge in [-0.05, 0) is 35.0 Å². The minimum atomic E-state index is -0.0368. The summed E-state index contributed by atoms with van der Waals surface area (Å²) in [6, 6.07) is 6.40. The van der Waals surface area contributed by atoms with Crippen LogP contribution < -0.4 is 10.5 Å². The van der Waals surface area contributed by atoms with E-state index in [4.69, 9.17) is 38.9 Å². The third-order valence-corrected chi connectivity index (χ3v) is 4.02. The maximum Gasteiger partial charge on any atom is 0.220 e. The number of benzene rings is 1. The minimum absolute atomic E-state index is 0.0368. The quantitative estimate of drug-likeness (QED) is 0.268. The van der Waals surface area contributed by atoms with Gasteiger partial charge in [-0.15, -0.1) is 0 Å². The molecule has 0 spiro atoms. The molecule has 1 aromatic heterocycles. The van der Waals surface area contributed by atoms with Gasteiger partial charge in [0.15, 0.2) is 5.84 Å². The van der Waals surface area contributed by atoms with Crippen LogP contribution in [-0.4, -0.2) is 16.0 Å². The van der Waals surface area contributed by atoms with Crippen molar-refractivity contribution in [2.45, 2.75) is 6.92 Å². The van der Waals surface area contributed by atoms with Gasteiger partial charge < -0.3 is 15.7 Å². The number of oxime groups is 1. The Bertz CT molecular complexity index is 723. The molecule has 0 unspecified atom stereocenters. The zero-order valence-corrected chi connectivity index (χ0v) is 13.9. The molecule has 0 fully saturated rings. The molecule has 0 saturated carbocycles. The lowest BCUT2D eigenvalue weighted by Crippen LogP contribution is -2.13. The Labute approximate surface area is 139 Å². The Balaban J connectivity index is 2.40. The van der Waals surface area contributed by atoms with Crippen LogP contribution in [0, 0.1) is 6.92 Å². The Morgan fingerprint density at radius 1 is 1.29 bits per heavy atom. The standard InChI is InChI=1S/C13H10BrCl2N3O2/c1-6-2-7(13(17)19-20)3-12(18-6)21-11-5-9(15)8(14)4-10(11)16/h2-5,20H,1H3,(H2,17,19). The molecule has 0 atom stereocenters. The number of nitrogens with zero attached hydrogens (tertiary/aromatic N) is 2. The van der Waals surface area contributed by atoms with Crippen molar-refractivity contribution in [1.82, 2.24) is 4.98 Å². The lowest BCUT2D eigenvalue weighted by Gasteiger charge is -2.10. The average Bonchev–Trinajstić information content (AvgIpc) is 2.43. The van der Waals surface area contributed by atoms with E-state index >= 15 is 0 Å². The monoisotopic (exact) mass is 389 g/mol.